The molecule has 4 rings (SSSR count). The molecule has 0 aliphatic carbocycles. The van der Waals surface area contributed by atoms with Crippen molar-refractivity contribution in [3.05, 3.63) is 84.1 Å². The van der Waals surface area contributed by atoms with Crippen LogP contribution in [0.2, 0.25) is 0 Å². The van der Waals surface area contributed by atoms with Crippen molar-refractivity contribution >= 4 is 16.7 Å². The summed E-state index contributed by atoms with van der Waals surface area (Å²) in [7, 11) is 3.53. The lowest BCUT2D eigenvalue weighted by Gasteiger charge is -2.10. The third-order valence-corrected chi connectivity index (χ3v) is 5.41. The predicted molar refractivity (Wildman–Crippen MR) is 115 cm³/mol. The number of aryl methyl sites for hydroxylation is 1. The molecule has 0 aliphatic heterocycles. The number of aromatic nitrogens is 3. The first-order chi connectivity index (χ1) is 14.1. The van der Waals surface area contributed by atoms with E-state index in [-0.39, 0.29) is 11.7 Å². The molecule has 5 nitrogen and oxygen atoms in total. The average molecular weight is 387 g/mol. The molecule has 2 aromatic carbocycles. The minimum atomic E-state index is 0.0526. The molecule has 0 spiro atoms. The van der Waals surface area contributed by atoms with Gasteiger partial charge in [0.25, 0.3) is 0 Å². The minimum absolute atomic E-state index is 0.0526. The van der Waals surface area contributed by atoms with Crippen LogP contribution in [-0.4, -0.2) is 27.0 Å². The van der Waals surface area contributed by atoms with Gasteiger partial charge in [-0.25, -0.2) is 4.98 Å². The van der Waals surface area contributed by atoms with Crippen molar-refractivity contribution in [1.29, 1.82) is 0 Å². The molecule has 0 N–H and O–H groups in total. The summed E-state index contributed by atoms with van der Waals surface area (Å²) in [6.07, 6.45) is 6.04. The predicted octanol–water partition coefficient (Wildman–Crippen LogP) is 4.81. The first-order valence-corrected chi connectivity index (χ1v) is 9.78. The monoisotopic (exact) mass is 387 g/mol. The Balaban J connectivity index is 1.70. The highest BCUT2D eigenvalue weighted by Gasteiger charge is 2.20. The number of rotatable bonds is 7. The lowest BCUT2D eigenvalue weighted by molar-refractivity contribution is 0.0962. The molecule has 2 heterocycles. The number of hydrogen-bond donors (Lipinski definition) is 0. The van der Waals surface area contributed by atoms with E-state index in [2.05, 4.69) is 59.1 Å². The van der Waals surface area contributed by atoms with Gasteiger partial charge in [-0.05, 0) is 35.2 Å². The zero-order valence-electron chi connectivity index (χ0n) is 17.0. The summed E-state index contributed by atoms with van der Waals surface area (Å²) in [6, 6.07) is 16.5. The molecule has 2 aromatic heterocycles. The van der Waals surface area contributed by atoms with E-state index in [0.29, 0.717) is 12.2 Å². The van der Waals surface area contributed by atoms with Crippen molar-refractivity contribution in [2.75, 3.05) is 7.11 Å². The van der Waals surface area contributed by atoms with E-state index in [1.165, 1.54) is 5.56 Å². The van der Waals surface area contributed by atoms with Gasteiger partial charge >= 0.3 is 0 Å². The maximum Gasteiger partial charge on any atom is 0.198 e. The summed E-state index contributed by atoms with van der Waals surface area (Å²) in [5, 5.41) is 1.13. The number of Topliss-reactive ketones (excluding diaryl/α,β-unsaturated/α-hetero) is 1. The second-order valence-electron chi connectivity index (χ2n) is 7.47. The van der Waals surface area contributed by atoms with Gasteiger partial charge in [0.05, 0.1) is 7.11 Å². The quantitative estimate of drug-likeness (QED) is 0.428. The van der Waals surface area contributed by atoms with Crippen LogP contribution < -0.4 is 4.74 Å². The van der Waals surface area contributed by atoms with Crippen molar-refractivity contribution in [2.45, 2.75) is 25.8 Å². The fourth-order valence-electron chi connectivity index (χ4n) is 3.85. The van der Waals surface area contributed by atoms with E-state index in [1.807, 2.05) is 19.2 Å². The molecular formula is C24H25N3O2. The second kappa shape index (κ2) is 7.95. The number of nitrogens with zero attached hydrogens (tertiary/aromatic N) is 3. The van der Waals surface area contributed by atoms with Gasteiger partial charge in [-0.15, -0.1) is 0 Å². The highest BCUT2D eigenvalue weighted by Crippen LogP contribution is 2.33. The molecule has 4 aromatic rings. The number of hydrogen-bond acceptors (Lipinski definition) is 3. The number of carbonyl (C=O) groups is 1. The number of carbonyl (C=O) groups excluding carboxylic acids is 1. The van der Waals surface area contributed by atoms with Crippen LogP contribution in [-0.2, 0) is 13.6 Å². The van der Waals surface area contributed by atoms with Crippen molar-refractivity contribution in [3.8, 4) is 5.75 Å². The molecule has 0 fully saturated rings. The Labute approximate surface area is 170 Å². The highest BCUT2D eigenvalue weighted by atomic mass is 16.5. The zero-order chi connectivity index (χ0) is 20.4. The smallest absolute Gasteiger partial charge is 0.198 e. The molecule has 0 amide bonds. The second-order valence-corrected chi connectivity index (χ2v) is 7.47. The van der Waals surface area contributed by atoms with Crippen LogP contribution in [0.25, 0.3) is 10.9 Å². The van der Waals surface area contributed by atoms with Crippen LogP contribution in [0.15, 0.2) is 67.1 Å². The molecule has 0 saturated heterocycles. The number of ether oxygens (including phenoxy) is 1. The summed E-state index contributed by atoms with van der Waals surface area (Å²) < 4.78 is 9.48. The van der Waals surface area contributed by atoms with E-state index in [4.69, 9.17) is 4.74 Å². The lowest BCUT2D eigenvalue weighted by atomic mass is 9.95. The molecule has 0 unspecified atom stereocenters. The molecule has 1 atom stereocenters. The summed E-state index contributed by atoms with van der Waals surface area (Å²) in [4.78, 5) is 17.0. The number of benzene rings is 2. The van der Waals surface area contributed by atoms with Crippen LogP contribution in [0.4, 0.5) is 0 Å². The first kappa shape index (κ1) is 19.0. The lowest BCUT2D eigenvalue weighted by Crippen LogP contribution is -2.10. The highest BCUT2D eigenvalue weighted by molar-refractivity contribution is 5.94. The van der Waals surface area contributed by atoms with Crippen molar-refractivity contribution in [1.82, 2.24) is 14.1 Å². The van der Waals surface area contributed by atoms with E-state index in [0.717, 1.165) is 28.8 Å². The standard InChI is InChI=1S/C24H25N3O2/c1-17(13-23(28)24-25-11-12-26(24)2)21-16-27(15-18-7-5-4-6-8-18)22-10-9-19(29-3)14-20(21)22/h4-12,14,16-17H,13,15H2,1-3H3/t17-/m1/s1. The SMILES string of the molecule is COc1ccc2c(c1)c([C@H](C)CC(=O)c1nccn1C)cn2Cc1ccccc1. The number of methoxy groups -OCH3 is 1. The van der Waals surface area contributed by atoms with E-state index in [9.17, 15) is 4.79 Å². The van der Waals surface area contributed by atoms with Crippen LogP contribution in [0.3, 0.4) is 0 Å². The van der Waals surface area contributed by atoms with Gasteiger partial charge in [0.2, 0.25) is 0 Å². The first-order valence-electron chi connectivity index (χ1n) is 9.78. The molecule has 0 radical (unpaired) electrons. The summed E-state index contributed by atoms with van der Waals surface area (Å²) in [5.74, 6) is 1.43. The summed E-state index contributed by atoms with van der Waals surface area (Å²) in [6.45, 7) is 2.88. The summed E-state index contributed by atoms with van der Waals surface area (Å²) in [5.41, 5.74) is 3.53. The third kappa shape index (κ3) is 3.81. The van der Waals surface area contributed by atoms with Gasteiger partial charge in [0.15, 0.2) is 11.6 Å². The Morgan fingerprint density at radius 3 is 2.66 bits per heavy atom. The minimum Gasteiger partial charge on any atom is -0.497 e. The van der Waals surface area contributed by atoms with Crippen molar-refractivity contribution in [2.24, 2.45) is 7.05 Å². The van der Waals surface area contributed by atoms with E-state index in [1.54, 1.807) is 24.1 Å². The maximum atomic E-state index is 12.8. The molecule has 148 valence electrons. The molecule has 0 saturated carbocycles. The number of ketones is 1. The van der Waals surface area contributed by atoms with Gasteiger partial charge in [0.1, 0.15) is 5.75 Å². The fraction of sp³-hybridized carbons (Fsp3) is 0.250. The number of fused-ring (bicyclic) bond motifs is 1. The van der Waals surface area contributed by atoms with Crippen LogP contribution in [0, 0.1) is 0 Å². The van der Waals surface area contributed by atoms with Gasteiger partial charge < -0.3 is 13.9 Å². The van der Waals surface area contributed by atoms with Crippen LogP contribution in [0.5, 0.6) is 5.75 Å². The van der Waals surface area contributed by atoms with Crippen LogP contribution >= 0.6 is 0 Å². The largest absolute Gasteiger partial charge is 0.497 e. The Morgan fingerprint density at radius 2 is 1.97 bits per heavy atom. The van der Waals surface area contributed by atoms with Gasteiger partial charge in [0, 0.05) is 49.5 Å². The Bertz CT molecular complexity index is 1140. The molecule has 0 aliphatic rings. The molecule has 5 heteroatoms. The fourth-order valence-corrected chi connectivity index (χ4v) is 3.85. The van der Waals surface area contributed by atoms with Gasteiger partial charge in [-0.2, -0.15) is 0 Å². The third-order valence-electron chi connectivity index (χ3n) is 5.41. The topological polar surface area (TPSA) is 49.0 Å². The van der Waals surface area contributed by atoms with Crippen molar-refractivity contribution in [3.63, 3.8) is 0 Å². The Hall–Kier alpha value is -3.34. The van der Waals surface area contributed by atoms with E-state index < -0.39 is 0 Å². The Morgan fingerprint density at radius 1 is 1.17 bits per heavy atom. The zero-order valence-corrected chi connectivity index (χ0v) is 17.0. The van der Waals surface area contributed by atoms with Crippen LogP contribution in [0.1, 0.15) is 41.0 Å². The average Bonchev–Trinajstić information content (AvgIpc) is 3.32. The normalized spacial score (nSPS) is 12.2. The van der Waals surface area contributed by atoms with E-state index >= 15 is 0 Å². The molecule has 29 heavy (non-hydrogen) atoms. The maximum absolute atomic E-state index is 12.8. The Kier molecular flexibility index (Phi) is 5.21. The summed E-state index contributed by atoms with van der Waals surface area (Å²) >= 11 is 0. The molecular weight excluding hydrogens is 362 g/mol. The van der Waals surface area contributed by atoms with Gasteiger partial charge in [-0.3, -0.25) is 4.79 Å². The van der Waals surface area contributed by atoms with Crippen molar-refractivity contribution < 1.29 is 9.53 Å². The molecule has 0 bridgehead atoms. The van der Waals surface area contributed by atoms with Gasteiger partial charge in [-0.1, -0.05) is 37.3 Å². The number of imidazole rings is 1.